The Morgan fingerprint density at radius 2 is 2.05 bits per heavy atom. The van der Waals surface area contributed by atoms with Crippen LogP contribution in [0.3, 0.4) is 0 Å². The second-order valence-corrected chi connectivity index (χ2v) is 7.42. The van der Waals surface area contributed by atoms with Crippen LogP contribution in [-0.4, -0.2) is 7.11 Å². The van der Waals surface area contributed by atoms with Crippen molar-refractivity contribution in [3.63, 3.8) is 0 Å². The summed E-state index contributed by atoms with van der Waals surface area (Å²) in [5.41, 5.74) is 3.70. The largest absolute Gasteiger partial charge is 0.497 e. The molecule has 0 aliphatic heterocycles. The molecule has 1 heteroatoms. The standard InChI is InChI=1S/C21H22O/c1-22-19-7-5-15-12-20-16(10-17(15)11-19)3-2-8-21(20)13-14-4-6-18(21)9-14/h4-7,10-12,14,18H,2-3,8-9,13H2,1H3. The monoisotopic (exact) mass is 290 g/mol. The van der Waals surface area contributed by atoms with Gasteiger partial charge in [-0.25, -0.2) is 0 Å². The summed E-state index contributed by atoms with van der Waals surface area (Å²) in [7, 11) is 1.75. The van der Waals surface area contributed by atoms with Crippen LogP contribution in [0.25, 0.3) is 10.8 Å². The second kappa shape index (κ2) is 4.38. The van der Waals surface area contributed by atoms with Gasteiger partial charge in [0.15, 0.2) is 0 Å². The van der Waals surface area contributed by atoms with Gasteiger partial charge in [-0.05, 0) is 78.0 Å². The fourth-order valence-corrected chi connectivity index (χ4v) is 5.40. The molecule has 5 rings (SSSR count). The summed E-state index contributed by atoms with van der Waals surface area (Å²) in [5.74, 6) is 2.58. The van der Waals surface area contributed by atoms with Crippen LogP contribution in [0.4, 0.5) is 0 Å². The molecule has 2 bridgehead atoms. The molecule has 112 valence electrons. The lowest BCUT2D eigenvalue weighted by Crippen LogP contribution is -2.34. The predicted molar refractivity (Wildman–Crippen MR) is 90.5 cm³/mol. The summed E-state index contributed by atoms with van der Waals surface area (Å²) in [6.07, 6.45) is 11.7. The minimum atomic E-state index is 0.446. The molecular formula is C21H22O. The fraction of sp³-hybridized carbons (Fsp3) is 0.429. The van der Waals surface area contributed by atoms with Crippen LogP contribution in [0.15, 0.2) is 42.5 Å². The van der Waals surface area contributed by atoms with Crippen LogP contribution >= 0.6 is 0 Å². The highest BCUT2D eigenvalue weighted by atomic mass is 16.5. The van der Waals surface area contributed by atoms with E-state index in [1.807, 2.05) is 0 Å². The lowest BCUT2D eigenvalue weighted by atomic mass is 9.63. The Morgan fingerprint density at radius 3 is 2.82 bits per heavy atom. The molecule has 0 aromatic heterocycles. The van der Waals surface area contributed by atoms with Crippen LogP contribution in [0, 0.1) is 11.8 Å². The predicted octanol–water partition coefficient (Wildman–Crippen LogP) is 5.02. The van der Waals surface area contributed by atoms with Gasteiger partial charge in [0, 0.05) is 5.41 Å². The van der Waals surface area contributed by atoms with E-state index >= 15 is 0 Å². The van der Waals surface area contributed by atoms with Gasteiger partial charge in [0.1, 0.15) is 5.75 Å². The van der Waals surface area contributed by atoms with Crippen molar-refractivity contribution in [2.75, 3.05) is 7.11 Å². The first-order chi connectivity index (χ1) is 10.8. The summed E-state index contributed by atoms with van der Waals surface area (Å²) in [6, 6.07) is 11.4. The molecule has 3 aliphatic carbocycles. The number of aryl methyl sites for hydroxylation is 1. The zero-order valence-electron chi connectivity index (χ0n) is 13.1. The van der Waals surface area contributed by atoms with E-state index in [0.717, 1.165) is 17.6 Å². The number of benzene rings is 2. The molecule has 0 radical (unpaired) electrons. The normalized spacial score (nSPS) is 31.9. The molecule has 1 fully saturated rings. The van der Waals surface area contributed by atoms with Crippen molar-refractivity contribution in [3.05, 3.63) is 53.6 Å². The van der Waals surface area contributed by atoms with Gasteiger partial charge in [0.05, 0.1) is 7.11 Å². The van der Waals surface area contributed by atoms with Crippen LogP contribution in [-0.2, 0) is 11.8 Å². The number of rotatable bonds is 1. The summed E-state index contributed by atoms with van der Waals surface area (Å²) in [4.78, 5) is 0. The number of hydrogen-bond acceptors (Lipinski definition) is 1. The Labute approximate surface area is 132 Å². The maximum absolute atomic E-state index is 5.39. The van der Waals surface area contributed by atoms with Crippen molar-refractivity contribution in [3.8, 4) is 5.75 Å². The van der Waals surface area contributed by atoms with E-state index in [4.69, 9.17) is 4.74 Å². The summed E-state index contributed by atoms with van der Waals surface area (Å²) in [5, 5.41) is 2.70. The number of methoxy groups -OCH3 is 1. The highest BCUT2D eigenvalue weighted by molar-refractivity contribution is 5.86. The Hall–Kier alpha value is -1.76. The Kier molecular flexibility index (Phi) is 2.54. The van der Waals surface area contributed by atoms with Gasteiger partial charge >= 0.3 is 0 Å². The van der Waals surface area contributed by atoms with Crippen molar-refractivity contribution >= 4 is 10.8 Å². The molecule has 1 spiro atoms. The van der Waals surface area contributed by atoms with Gasteiger partial charge < -0.3 is 4.74 Å². The zero-order valence-corrected chi connectivity index (χ0v) is 13.1. The first-order valence-corrected chi connectivity index (χ1v) is 8.58. The lowest BCUT2D eigenvalue weighted by molar-refractivity contribution is 0.304. The number of fused-ring (bicyclic) bond motifs is 6. The van der Waals surface area contributed by atoms with E-state index in [0.29, 0.717) is 5.41 Å². The molecule has 22 heavy (non-hydrogen) atoms. The van der Waals surface area contributed by atoms with E-state index in [2.05, 4.69) is 42.5 Å². The average Bonchev–Trinajstić information content (AvgIpc) is 3.14. The Morgan fingerprint density at radius 1 is 1.09 bits per heavy atom. The van der Waals surface area contributed by atoms with E-state index in [1.165, 1.54) is 42.9 Å². The molecule has 1 nitrogen and oxygen atoms in total. The first-order valence-electron chi connectivity index (χ1n) is 8.58. The van der Waals surface area contributed by atoms with Gasteiger partial charge in [-0.2, -0.15) is 0 Å². The third-order valence-corrected chi connectivity index (χ3v) is 6.38. The Bertz CT molecular complexity index is 788. The van der Waals surface area contributed by atoms with E-state index in [1.54, 1.807) is 18.2 Å². The number of hydrogen-bond donors (Lipinski definition) is 0. The lowest BCUT2D eigenvalue weighted by Gasteiger charge is -2.41. The Balaban J connectivity index is 1.71. The zero-order chi connectivity index (χ0) is 14.7. The van der Waals surface area contributed by atoms with Crippen LogP contribution in [0.2, 0.25) is 0 Å². The minimum Gasteiger partial charge on any atom is -0.497 e. The molecule has 3 aliphatic rings. The van der Waals surface area contributed by atoms with Gasteiger partial charge in [0.2, 0.25) is 0 Å². The van der Waals surface area contributed by atoms with Gasteiger partial charge in [-0.1, -0.05) is 30.4 Å². The van der Waals surface area contributed by atoms with Gasteiger partial charge in [-0.3, -0.25) is 0 Å². The number of allylic oxidation sites excluding steroid dienone is 2. The van der Waals surface area contributed by atoms with Crippen molar-refractivity contribution in [1.29, 1.82) is 0 Å². The van der Waals surface area contributed by atoms with E-state index < -0.39 is 0 Å². The SMILES string of the molecule is COc1ccc2cc3c(cc2c1)CCCC31CC2C=CC1C2. The van der Waals surface area contributed by atoms with Crippen LogP contribution in [0.1, 0.15) is 36.8 Å². The van der Waals surface area contributed by atoms with Crippen LogP contribution < -0.4 is 4.74 Å². The topological polar surface area (TPSA) is 9.23 Å². The van der Waals surface area contributed by atoms with E-state index in [-0.39, 0.29) is 0 Å². The molecule has 0 N–H and O–H groups in total. The van der Waals surface area contributed by atoms with Gasteiger partial charge in [0.25, 0.3) is 0 Å². The molecule has 0 heterocycles. The third kappa shape index (κ3) is 1.60. The maximum atomic E-state index is 5.39. The minimum absolute atomic E-state index is 0.446. The van der Waals surface area contributed by atoms with E-state index in [9.17, 15) is 0 Å². The quantitative estimate of drug-likeness (QED) is 0.670. The van der Waals surface area contributed by atoms with Crippen molar-refractivity contribution in [1.82, 2.24) is 0 Å². The molecule has 1 saturated carbocycles. The molecule has 0 amide bonds. The molecule has 0 saturated heterocycles. The van der Waals surface area contributed by atoms with Crippen molar-refractivity contribution in [2.24, 2.45) is 11.8 Å². The smallest absolute Gasteiger partial charge is 0.119 e. The fourth-order valence-electron chi connectivity index (χ4n) is 5.40. The van der Waals surface area contributed by atoms with Crippen molar-refractivity contribution < 1.29 is 4.74 Å². The first kappa shape index (κ1) is 12.8. The second-order valence-electron chi connectivity index (χ2n) is 7.42. The number of ether oxygens (including phenoxy) is 1. The highest BCUT2D eigenvalue weighted by Crippen LogP contribution is 2.58. The molecule has 2 aromatic rings. The van der Waals surface area contributed by atoms with Crippen molar-refractivity contribution in [2.45, 2.75) is 37.5 Å². The maximum Gasteiger partial charge on any atom is 0.119 e. The molecule has 3 unspecified atom stereocenters. The third-order valence-electron chi connectivity index (χ3n) is 6.38. The molecular weight excluding hydrogens is 268 g/mol. The average molecular weight is 290 g/mol. The highest BCUT2D eigenvalue weighted by Gasteiger charge is 2.50. The van der Waals surface area contributed by atoms with Crippen LogP contribution in [0.5, 0.6) is 5.75 Å². The summed E-state index contributed by atoms with van der Waals surface area (Å²) >= 11 is 0. The summed E-state index contributed by atoms with van der Waals surface area (Å²) < 4.78 is 5.39. The molecule has 3 atom stereocenters. The van der Waals surface area contributed by atoms with Gasteiger partial charge in [-0.15, -0.1) is 0 Å². The summed E-state index contributed by atoms with van der Waals surface area (Å²) in [6.45, 7) is 0. The molecule has 2 aromatic carbocycles.